The Morgan fingerprint density at radius 2 is 0.898 bits per heavy atom. The number of hydrogen-bond donors (Lipinski definition) is 3. The molecule has 3 atom stereocenters. The van der Waals surface area contributed by atoms with Crippen molar-refractivity contribution in [3.05, 3.63) is 60.8 Å². The van der Waals surface area contributed by atoms with Crippen LogP contribution in [0.1, 0.15) is 239 Å². The molecular formula is C53H95NO5. The van der Waals surface area contributed by atoms with Gasteiger partial charge in [-0.1, -0.05) is 242 Å². The Labute approximate surface area is 365 Å². The van der Waals surface area contributed by atoms with Gasteiger partial charge in [-0.15, -0.1) is 0 Å². The van der Waals surface area contributed by atoms with Crippen LogP contribution in [-0.2, 0) is 14.3 Å². The summed E-state index contributed by atoms with van der Waals surface area (Å²) in [6.45, 7) is 6.37. The van der Waals surface area contributed by atoms with Gasteiger partial charge in [-0.2, -0.15) is 0 Å². The zero-order valence-electron chi connectivity index (χ0n) is 38.9. The summed E-state index contributed by atoms with van der Waals surface area (Å²) in [5.74, 6) is -0.516. The van der Waals surface area contributed by atoms with Crippen LogP contribution >= 0.6 is 0 Å². The monoisotopic (exact) mass is 826 g/mol. The number of unbranched alkanes of at least 4 members (excludes halogenated alkanes) is 26. The zero-order chi connectivity index (χ0) is 43.1. The van der Waals surface area contributed by atoms with Crippen molar-refractivity contribution in [2.24, 2.45) is 0 Å². The molecule has 0 saturated heterocycles. The minimum atomic E-state index is -0.799. The number of carbonyl (C=O) groups is 2. The highest BCUT2D eigenvalue weighted by Gasteiger charge is 2.24. The third-order valence-electron chi connectivity index (χ3n) is 11.2. The lowest BCUT2D eigenvalue weighted by Gasteiger charge is -2.24. The van der Waals surface area contributed by atoms with Gasteiger partial charge in [0.15, 0.2) is 0 Å². The average molecular weight is 826 g/mol. The van der Waals surface area contributed by atoms with Gasteiger partial charge in [-0.25, -0.2) is 0 Å². The van der Waals surface area contributed by atoms with Crippen molar-refractivity contribution in [2.45, 2.75) is 257 Å². The second-order valence-electron chi connectivity index (χ2n) is 17.0. The van der Waals surface area contributed by atoms with E-state index in [1.54, 1.807) is 0 Å². The Hall–Kier alpha value is -2.44. The molecule has 0 aromatic heterocycles. The molecule has 342 valence electrons. The highest BCUT2D eigenvalue weighted by Crippen LogP contribution is 2.17. The molecule has 1 amide bonds. The predicted octanol–water partition coefficient (Wildman–Crippen LogP) is 14.8. The molecule has 6 nitrogen and oxygen atoms in total. The van der Waals surface area contributed by atoms with Crippen molar-refractivity contribution < 1.29 is 24.5 Å². The van der Waals surface area contributed by atoms with E-state index in [1.165, 1.54) is 122 Å². The number of aliphatic hydroxyl groups excluding tert-OH is 2. The molecule has 3 unspecified atom stereocenters. The van der Waals surface area contributed by atoms with E-state index in [4.69, 9.17) is 4.74 Å². The average Bonchev–Trinajstić information content (AvgIpc) is 3.23. The lowest BCUT2D eigenvalue weighted by molar-refractivity contribution is -0.151. The molecule has 0 rings (SSSR count). The van der Waals surface area contributed by atoms with Crippen LogP contribution in [0.15, 0.2) is 60.8 Å². The van der Waals surface area contributed by atoms with Gasteiger partial charge >= 0.3 is 5.97 Å². The quantitative estimate of drug-likeness (QED) is 0.0323. The van der Waals surface area contributed by atoms with Crippen molar-refractivity contribution in [3.8, 4) is 0 Å². The standard InChI is InChI=1S/C53H95NO5/c1-4-7-10-13-16-19-21-23-25-27-28-30-33-35-38-41-44-49(59-53(58)46-43-40-37-32-18-15-12-9-6-3)47-52(57)54-50(48-55)51(56)45-42-39-36-34-31-29-26-24-22-20-17-14-11-8-5-2/h10,13,16,19,21,23,25,27-28,30,49-51,55-56H,4-9,11-12,14-15,17-18,20,22,24,26,29,31-48H2,1-3H3,(H,54,57)/b13-10+,19-16+,23-21+,27-25+,30-28+. The minimum absolute atomic E-state index is 0.0497. The maximum atomic E-state index is 13.2. The predicted molar refractivity (Wildman–Crippen MR) is 255 cm³/mol. The first kappa shape index (κ1) is 56.6. The second-order valence-corrected chi connectivity index (χ2v) is 17.0. The number of esters is 1. The number of hydrogen-bond acceptors (Lipinski definition) is 5. The van der Waals surface area contributed by atoms with E-state index in [1.807, 2.05) is 36.5 Å². The smallest absolute Gasteiger partial charge is 0.306 e. The Morgan fingerprint density at radius 1 is 0.492 bits per heavy atom. The first-order valence-corrected chi connectivity index (χ1v) is 25.1. The van der Waals surface area contributed by atoms with Crippen LogP contribution < -0.4 is 5.32 Å². The maximum absolute atomic E-state index is 13.2. The van der Waals surface area contributed by atoms with E-state index in [-0.39, 0.29) is 24.9 Å². The molecule has 0 aliphatic carbocycles. The van der Waals surface area contributed by atoms with E-state index < -0.39 is 18.2 Å². The summed E-state index contributed by atoms with van der Waals surface area (Å²) in [5.41, 5.74) is 0. The fraction of sp³-hybridized carbons (Fsp3) is 0.774. The van der Waals surface area contributed by atoms with Crippen LogP contribution in [0.4, 0.5) is 0 Å². The molecule has 6 heteroatoms. The zero-order valence-corrected chi connectivity index (χ0v) is 38.9. The fourth-order valence-electron chi connectivity index (χ4n) is 7.40. The van der Waals surface area contributed by atoms with Gasteiger partial charge in [0.1, 0.15) is 6.10 Å². The van der Waals surface area contributed by atoms with Crippen LogP contribution in [0.2, 0.25) is 0 Å². The summed E-state index contributed by atoms with van der Waals surface area (Å²) in [7, 11) is 0. The van der Waals surface area contributed by atoms with E-state index >= 15 is 0 Å². The number of aliphatic hydroxyl groups is 2. The third kappa shape index (κ3) is 42.1. The SMILES string of the molecule is CCC/C=C/C=C/C=C/C=C/C=C/CCCCCC(CC(=O)NC(CO)C(O)CCCCCCCCCCCCCCCCC)OC(=O)CCCCCCCCCCC. The van der Waals surface area contributed by atoms with Gasteiger partial charge in [0.2, 0.25) is 5.91 Å². The van der Waals surface area contributed by atoms with Crippen molar-refractivity contribution in [1.29, 1.82) is 0 Å². The first-order valence-electron chi connectivity index (χ1n) is 25.1. The highest BCUT2D eigenvalue weighted by atomic mass is 16.5. The normalized spacial score (nSPS) is 13.8. The summed E-state index contributed by atoms with van der Waals surface area (Å²) in [4.78, 5) is 26.0. The van der Waals surface area contributed by atoms with Crippen LogP contribution in [0.3, 0.4) is 0 Å². The van der Waals surface area contributed by atoms with Crippen LogP contribution in [0.5, 0.6) is 0 Å². The summed E-state index contributed by atoms with van der Waals surface area (Å²) in [6, 6.07) is -0.715. The molecule has 0 saturated carbocycles. The van der Waals surface area contributed by atoms with E-state index in [0.29, 0.717) is 19.3 Å². The molecule has 0 fully saturated rings. The number of nitrogens with one attached hydrogen (secondary N) is 1. The Balaban J connectivity index is 4.62. The van der Waals surface area contributed by atoms with Gasteiger partial charge in [0.25, 0.3) is 0 Å². The molecule has 0 aromatic carbocycles. The first-order chi connectivity index (χ1) is 29.0. The number of amides is 1. The Bertz CT molecular complexity index is 1060. The largest absolute Gasteiger partial charge is 0.462 e. The summed E-state index contributed by atoms with van der Waals surface area (Å²) in [6.07, 6.45) is 57.0. The summed E-state index contributed by atoms with van der Waals surface area (Å²) < 4.78 is 5.89. The van der Waals surface area contributed by atoms with Crippen molar-refractivity contribution in [1.82, 2.24) is 5.32 Å². The minimum Gasteiger partial charge on any atom is -0.462 e. The molecule has 0 heterocycles. The summed E-state index contributed by atoms with van der Waals surface area (Å²) >= 11 is 0. The molecular weight excluding hydrogens is 731 g/mol. The van der Waals surface area contributed by atoms with Gasteiger partial charge in [0.05, 0.1) is 25.2 Å². The lowest BCUT2D eigenvalue weighted by atomic mass is 10.0. The molecule has 0 aromatic rings. The summed E-state index contributed by atoms with van der Waals surface area (Å²) in [5, 5.41) is 23.7. The number of rotatable bonds is 44. The van der Waals surface area contributed by atoms with E-state index in [9.17, 15) is 19.8 Å². The van der Waals surface area contributed by atoms with E-state index in [0.717, 1.165) is 70.6 Å². The van der Waals surface area contributed by atoms with Gasteiger partial charge < -0.3 is 20.3 Å². The molecule has 3 N–H and O–H groups in total. The van der Waals surface area contributed by atoms with E-state index in [2.05, 4.69) is 50.4 Å². The van der Waals surface area contributed by atoms with Crippen LogP contribution in [0.25, 0.3) is 0 Å². The second kappa shape index (κ2) is 46.6. The fourth-order valence-corrected chi connectivity index (χ4v) is 7.40. The topological polar surface area (TPSA) is 95.9 Å². The number of carbonyl (C=O) groups excluding carboxylic acids is 2. The maximum Gasteiger partial charge on any atom is 0.306 e. The third-order valence-corrected chi connectivity index (χ3v) is 11.2. The molecule has 0 radical (unpaired) electrons. The van der Waals surface area contributed by atoms with Gasteiger partial charge in [0, 0.05) is 6.42 Å². The number of ether oxygens (including phenoxy) is 1. The Kier molecular flexibility index (Phi) is 44.7. The molecule has 59 heavy (non-hydrogen) atoms. The molecule has 0 spiro atoms. The van der Waals surface area contributed by atoms with Crippen molar-refractivity contribution >= 4 is 11.9 Å². The highest BCUT2D eigenvalue weighted by molar-refractivity contribution is 5.77. The van der Waals surface area contributed by atoms with Gasteiger partial charge in [-0.05, 0) is 44.9 Å². The molecule has 0 bridgehead atoms. The lowest BCUT2D eigenvalue weighted by Crippen LogP contribution is -2.46. The van der Waals surface area contributed by atoms with Crippen molar-refractivity contribution in [2.75, 3.05) is 6.61 Å². The van der Waals surface area contributed by atoms with Gasteiger partial charge in [-0.3, -0.25) is 9.59 Å². The van der Waals surface area contributed by atoms with Crippen LogP contribution in [-0.4, -0.2) is 46.9 Å². The molecule has 0 aliphatic rings. The Morgan fingerprint density at radius 3 is 1.37 bits per heavy atom. The number of allylic oxidation sites excluding steroid dienone is 10. The van der Waals surface area contributed by atoms with Crippen molar-refractivity contribution in [3.63, 3.8) is 0 Å². The molecule has 0 aliphatic heterocycles. The van der Waals surface area contributed by atoms with Crippen LogP contribution in [0, 0.1) is 0 Å².